The summed E-state index contributed by atoms with van der Waals surface area (Å²) in [6, 6.07) is 0. The molecule has 48 heavy (non-hydrogen) atoms. The summed E-state index contributed by atoms with van der Waals surface area (Å²) < 4.78 is 0. The minimum absolute atomic E-state index is 0.0498. The third-order valence-electron chi connectivity index (χ3n) is 10.5. The van der Waals surface area contributed by atoms with E-state index < -0.39 is 11.8 Å². The van der Waals surface area contributed by atoms with E-state index in [0.717, 1.165) is 25.7 Å². The van der Waals surface area contributed by atoms with Crippen molar-refractivity contribution in [2.45, 2.75) is 219 Å². The van der Waals surface area contributed by atoms with Crippen LogP contribution in [0, 0.1) is 11.8 Å². The van der Waals surface area contributed by atoms with Gasteiger partial charge in [0.2, 0.25) is 11.8 Å². The number of aliphatic hydroxyl groups is 2. The fourth-order valence-electron chi connectivity index (χ4n) is 7.41. The summed E-state index contributed by atoms with van der Waals surface area (Å²) in [5.41, 5.74) is 5.67. The van der Waals surface area contributed by atoms with Gasteiger partial charge in [-0.3, -0.25) is 9.59 Å². The van der Waals surface area contributed by atoms with Crippen molar-refractivity contribution in [3.63, 3.8) is 0 Å². The molecule has 0 heterocycles. The Morgan fingerprint density at radius 3 is 1.00 bits per heavy atom. The van der Waals surface area contributed by atoms with Crippen LogP contribution in [0.15, 0.2) is 0 Å². The van der Waals surface area contributed by atoms with Crippen LogP contribution in [0.25, 0.3) is 0 Å². The Hall–Kier alpha value is -1.14. The molecule has 2 amide bonds. The van der Waals surface area contributed by atoms with Crippen LogP contribution < -0.4 is 5.73 Å². The van der Waals surface area contributed by atoms with Crippen molar-refractivity contribution >= 4 is 11.8 Å². The summed E-state index contributed by atoms with van der Waals surface area (Å²) in [5.74, 6) is -0.921. The lowest BCUT2D eigenvalue weighted by atomic mass is 9.80. The molecule has 4 N–H and O–H groups in total. The number of primary amides is 1. The summed E-state index contributed by atoms with van der Waals surface area (Å²) in [7, 11) is 0. The lowest BCUT2D eigenvalue weighted by Crippen LogP contribution is -2.43. The first kappa shape index (κ1) is 46.9. The van der Waals surface area contributed by atoms with Crippen LogP contribution in [0.3, 0.4) is 0 Å². The number of nitrogens with zero attached hydrogens (tertiary/aromatic N) is 1. The average molecular weight is 681 g/mol. The zero-order chi connectivity index (χ0) is 35.3. The lowest BCUT2D eigenvalue weighted by molar-refractivity contribution is -0.141. The number of carbonyl (C=O) groups is 2. The second-order valence-electron chi connectivity index (χ2n) is 14.9. The Kier molecular flexibility index (Phi) is 36.2. The van der Waals surface area contributed by atoms with E-state index in [0.29, 0.717) is 0 Å². The Bertz CT molecular complexity index is 683. The van der Waals surface area contributed by atoms with Gasteiger partial charge >= 0.3 is 0 Å². The van der Waals surface area contributed by atoms with E-state index in [1.54, 1.807) is 0 Å². The summed E-state index contributed by atoms with van der Waals surface area (Å²) in [6.07, 6.45) is 40.3. The van der Waals surface area contributed by atoms with Crippen LogP contribution >= 0.6 is 0 Å². The van der Waals surface area contributed by atoms with Gasteiger partial charge in [-0.15, -0.1) is 0 Å². The molecule has 0 aromatic heterocycles. The van der Waals surface area contributed by atoms with Crippen LogP contribution in [0.2, 0.25) is 0 Å². The van der Waals surface area contributed by atoms with Crippen molar-refractivity contribution < 1.29 is 19.8 Å². The highest BCUT2D eigenvalue weighted by molar-refractivity contribution is 5.85. The molecule has 6 heteroatoms. The summed E-state index contributed by atoms with van der Waals surface area (Å²) in [5, 5.41) is 19.1. The van der Waals surface area contributed by atoms with E-state index in [1.165, 1.54) is 178 Å². The molecule has 0 aliphatic heterocycles. The van der Waals surface area contributed by atoms with Crippen molar-refractivity contribution in [1.82, 2.24) is 4.90 Å². The Labute approximate surface area is 299 Å². The SMILES string of the molecule is CCCCCCCCCCCCCCCCCC(CCCCCCCCCCCCCCCC)C(CC(N)=O)C(=O)N(CCO)CCO. The molecule has 0 spiro atoms. The maximum atomic E-state index is 13.6. The number of nitrogens with two attached hydrogens (primary N) is 1. The van der Waals surface area contributed by atoms with Gasteiger partial charge in [0.05, 0.1) is 13.2 Å². The number of unbranched alkanes of at least 4 members (excludes halogenated alkanes) is 27. The van der Waals surface area contributed by atoms with E-state index in [2.05, 4.69) is 13.8 Å². The van der Waals surface area contributed by atoms with Crippen molar-refractivity contribution in [1.29, 1.82) is 0 Å². The maximum Gasteiger partial charge on any atom is 0.226 e. The molecule has 286 valence electrons. The van der Waals surface area contributed by atoms with Crippen molar-refractivity contribution in [3.05, 3.63) is 0 Å². The van der Waals surface area contributed by atoms with Crippen LogP contribution in [0.5, 0.6) is 0 Å². The van der Waals surface area contributed by atoms with E-state index in [-0.39, 0.29) is 44.5 Å². The number of hydrogen-bond acceptors (Lipinski definition) is 4. The van der Waals surface area contributed by atoms with Crippen molar-refractivity contribution in [3.8, 4) is 0 Å². The number of hydrogen-bond donors (Lipinski definition) is 3. The normalized spacial score (nSPS) is 12.8. The van der Waals surface area contributed by atoms with Crippen LogP contribution in [-0.2, 0) is 9.59 Å². The molecule has 0 bridgehead atoms. The molecular weight excluding hydrogens is 596 g/mol. The largest absolute Gasteiger partial charge is 0.395 e. The van der Waals surface area contributed by atoms with Gasteiger partial charge in [0, 0.05) is 25.4 Å². The number of carbonyl (C=O) groups excluding carboxylic acids is 2. The second kappa shape index (κ2) is 37.1. The van der Waals surface area contributed by atoms with Crippen LogP contribution in [0.1, 0.15) is 219 Å². The summed E-state index contributed by atoms with van der Waals surface area (Å²) in [6.45, 7) is 4.60. The van der Waals surface area contributed by atoms with Gasteiger partial charge in [0.25, 0.3) is 0 Å². The molecule has 0 saturated heterocycles. The average Bonchev–Trinajstić information content (AvgIpc) is 3.07. The van der Waals surface area contributed by atoms with Crippen LogP contribution in [0.4, 0.5) is 0 Å². The Balaban J connectivity index is 4.56. The topological polar surface area (TPSA) is 104 Å². The highest BCUT2D eigenvalue weighted by atomic mass is 16.3. The summed E-state index contributed by atoms with van der Waals surface area (Å²) >= 11 is 0. The molecule has 6 nitrogen and oxygen atoms in total. The Morgan fingerprint density at radius 2 is 0.750 bits per heavy atom. The molecule has 0 rings (SSSR count). The minimum Gasteiger partial charge on any atom is -0.395 e. The molecular formula is C42H84N2O4. The van der Waals surface area contributed by atoms with Gasteiger partial charge in [-0.2, -0.15) is 0 Å². The smallest absolute Gasteiger partial charge is 0.226 e. The van der Waals surface area contributed by atoms with Crippen molar-refractivity contribution in [2.75, 3.05) is 26.3 Å². The number of aliphatic hydroxyl groups excluding tert-OH is 2. The first-order valence-electron chi connectivity index (χ1n) is 21.3. The fraction of sp³-hybridized carbons (Fsp3) is 0.952. The summed E-state index contributed by atoms with van der Waals surface area (Å²) in [4.78, 5) is 27.3. The van der Waals surface area contributed by atoms with E-state index in [9.17, 15) is 19.8 Å². The molecule has 0 aliphatic carbocycles. The van der Waals surface area contributed by atoms with Gasteiger partial charge in [-0.1, -0.05) is 200 Å². The molecule has 0 radical (unpaired) electrons. The number of amides is 2. The first-order chi connectivity index (χ1) is 23.5. The van der Waals surface area contributed by atoms with Crippen LogP contribution in [-0.4, -0.2) is 53.2 Å². The standard InChI is InChI=1S/C42H84N2O4/c1-3-5-7-9-11-13-15-17-19-21-23-25-27-29-31-33-39(40(38-41(43)47)42(48)44(34-36-45)35-37-46)32-30-28-26-24-22-20-18-16-14-12-10-8-6-4-2/h39-40,45-46H,3-38H2,1-2H3,(H2,43,47). The molecule has 0 aliphatic rings. The Morgan fingerprint density at radius 1 is 0.479 bits per heavy atom. The zero-order valence-corrected chi connectivity index (χ0v) is 32.3. The third kappa shape index (κ3) is 29.7. The maximum absolute atomic E-state index is 13.6. The molecule has 0 aromatic rings. The molecule has 0 aromatic carbocycles. The van der Waals surface area contributed by atoms with E-state index >= 15 is 0 Å². The predicted molar refractivity (Wildman–Crippen MR) is 206 cm³/mol. The van der Waals surface area contributed by atoms with E-state index in [1.807, 2.05) is 0 Å². The fourth-order valence-corrected chi connectivity index (χ4v) is 7.41. The number of rotatable bonds is 39. The molecule has 0 saturated carbocycles. The third-order valence-corrected chi connectivity index (χ3v) is 10.5. The lowest BCUT2D eigenvalue weighted by Gasteiger charge is -2.31. The van der Waals surface area contributed by atoms with Gasteiger partial charge < -0.3 is 20.8 Å². The molecule has 0 fully saturated rings. The zero-order valence-electron chi connectivity index (χ0n) is 32.3. The predicted octanol–water partition coefficient (Wildman–Crippen LogP) is 11.0. The minimum atomic E-state index is -0.464. The molecule has 2 unspecified atom stereocenters. The van der Waals surface area contributed by atoms with Gasteiger partial charge in [-0.25, -0.2) is 0 Å². The van der Waals surface area contributed by atoms with Gasteiger partial charge in [-0.05, 0) is 18.8 Å². The van der Waals surface area contributed by atoms with E-state index in [4.69, 9.17) is 5.73 Å². The quantitative estimate of drug-likeness (QED) is 0.0562. The van der Waals surface area contributed by atoms with Gasteiger partial charge in [0.1, 0.15) is 0 Å². The monoisotopic (exact) mass is 681 g/mol. The second-order valence-corrected chi connectivity index (χ2v) is 14.9. The van der Waals surface area contributed by atoms with Gasteiger partial charge in [0.15, 0.2) is 0 Å². The van der Waals surface area contributed by atoms with Crippen molar-refractivity contribution in [2.24, 2.45) is 17.6 Å². The molecule has 2 atom stereocenters. The first-order valence-corrected chi connectivity index (χ1v) is 21.3. The highest BCUT2D eigenvalue weighted by Crippen LogP contribution is 2.30. The highest BCUT2D eigenvalue weighted by Gasteiger charge is 2.32.